The second kappa shape index (κ2) is 5.88. The van der Waals surface area contributed by atoms with E-state index < -0.39 is 0 Å². The van der Waals surface area contributed by atoms with Crippen LogP contribution in [-0.4, -0.2) is 13.2 Å². The molecule has 3 atom stereocenters. The van der Waals surface area contributed by atoms with Crippen LogP contribution in [-0.2, 0) is 0 Å². The van der Waals surface area contributed by atoms with Gasteiger partial charge in [0.2, 0.25) is 0 Å². The number of hydrogen-bond acceptors (Lipinski definition) is 3. The maximum Gasteiger partial charge on any atom is 0.118 e. The van der Waals surface area contributed by atoms with E-state index in [0.29, 0.717) is 6.04 Å². The fourth-order valence-electron chi connectivity index (χ4n) is 2.62. The summed E-state index contributed by atoms with van der Waals surface area (Å²) in [6.45, 7) is 2.15. The van der Waals surface area contributed by atoms with Crippen LogP contribution in [0.2, 0.25) is 0 Å². The predicted molar refractivity (Wildman–Crippen MR) is 71.3 cm³/mol. The Kier molecular flexibility index (Phi) is 4.22. The summed E-state index contributed by atoms with van der Waals surface area (Å²) >= 11 is 0. The van der Waals surface area contributed by atoms with Crippen molar-refractivity contribution in [2.24, 2.45) is 5.92 Å². The number of hydrogen-bond donors (Lipinski definition) is 1. The van der Waals surface area contributed by atoms with E-state index in [1.165, 1.54) is 5.56 Å². The van der Waals surface area contributed by atoms with E-state index in [9.17, 15) is 0 Å². The Labute approximate surface area is 109 Å². The van der Waals surface area contributed by atoms with Gasteiger partial charge in [0.15, 0.2) is 0 Å². The molecule has 1 N–H and O–H groups in total. The Morgan fingerprint density at radius 1 is 1.33 bits per heavy atom. The number of nitriles is 1. The Balaban J connectivity index is 1.98. The molecule has 1 saturated carbocycles. The number of nitrogens with zero attached hydrogens (tertiary/aromatic N) is 1. The molecule has 0 radical (unpaired) electrons. The highest BCUT2D eigenvalue weighted by Crippen LogP contribution is 2.27. The highest BCUT2D eigenvalue weighted by atomic mass is 16.5. The van der Waals surface area contributed by atoms with Gasteiger partial charge in [-0.2, -0.15) is 5.26 Å². The van der Waals surface area contributed by atoms with E-state index in [4.69, 9.17) is 10.00 Å². The molecule has 0 amide bonds. The van der Waals surface area contributed by atoms with Gasteiger partial charge in [0.05, 0.1) is 19.1 Å². The van der Waals surface area contributed by atoms with E-state index in [1.807, 2.05) is 12.1 Å². The summed E-state index contributed by atoms with van der Waals surface area (Å²) in [6.07, 6.45) is 3.30. The lowest BCUT2D eigenvalue weighted by Gasteiger charge is -2.22. The van der Waals surface area contributed by atoms with Crippen molar-refractivity contribution in [1.82, 2.24) is 5.32 Å². The number of rotatable bonds is 4. The minimum atomic E-state index is 0.172. The summed E-state index contributed by atoms with van der Waals surface area (Å²) in [5.74, 6) is 1.05. The van der Waals surface area contributed by atoms with Crippen molar-refractivity contribution >= 4 is 0 Å². The van der Waals surface area contributed by atoms with Gasteiger partial charge in [-0.25, -0.2) is 0 Å². The second-order valence-electron chi connectivity index (χ2n) is 4.93. The topological polar surface area (TPSA) is 45.0 Å². The van der Waals surface area contributed by atoms with Crippen LogP contribution in [0.3, 0.4) is 0 Å². The Morgan fingerprint density at radius 2 is 2.06 bits per heavy atom. The highest BCUT2D eigenvalue weighted by Gasteiger charge is 2.28. The van der Waals surface area contributed by atoms with Gasteiger partial charge in [-0.15, -0.1) is 0 Å². The third-order valence-corrected chi connectivity index (χ3v) is 3.76. The number of nitrogens with one attached hydrogen (secondary N) is 1. The molecule has 18 heavy (non-hydrogen) atoms. The standard InChI is InChI=1S/C15H20N2O/c1-11(12-6-8-14(18-2)9-7-12)17-15-5-3-4-13(15)10-16/h6-9,11,13,15,17H,3-5H2,1-2H3/t11-,13?,15?/m0/s1. The molecular formula is C15H20N2O. The first-order chi connectivity index (χ1) is 8.74. The molecular weight excluding hydrogens is 224 g/mol. The third-order valence-electron chi connectivity index (χ3n) is 3.76. The molecule has 0 bridgehead atoms. The molecule has 0 heterocycles. The fraction of sp³-hybridized carbons (Fsp3) is 0.533. The van der Waals surface area contributed by atoms with E-state index >= 15 is 0 Å². The lowest BCUT2D eigenvalue weighted by atomic mass is 10.0. The van der Waals surface area contributed by atoms with Gasteiger partial charge in [-0.1, -0.05) is 18.6 Å². The van der Waals surface area contributed by atoms with Crippen LogP contribution >= 0.6 is 0 Å². The van der Waals surface area contributed by atoms with E-state index in [-0.39, 0.29) is 12.0 Å². The molecule has 1 aromatic rings. The molecule has 2 unspecified atom stereocenters. The quantitative estimate of drug-likeness (QED) is 0.885. The number of ether oxygens (including phenoxy) is 1. The summed E-state index contributed by atoms with van der Waals surface area (Å²) < 4.78 is 5.15. The molecule has 1 aliphatic rings. The van der Waals surface area contributed by atoms with Gasteiger partial charge in [0, 0.05) is 12.1 Å². The van der Waals surface area contributed by atoms with Crippen molar-refractivity contribution in [3.05, 3.63) is 29.8 Å². The summed E-state index contributed by atoms with van der Waals surface area (Å²) in [5.41, 5.74) is 1.24. The van der Waals surface area contributed by atoms with Crippen LogP contribution in [0.1, 0.15) is 37.8 Å². The molecule has 0 aromatic heterocycles. The molecule has 0 spiro atoms. The molecule has 3 heteroatoms. The first-order valence-electron chi connectivity index (χ1n) is 6.54. The minimum absolute atomic E-state index is 0.172. The van der Waals surface area contributed by atoms with E-state index in [2.05, 4.69) is 30.4 Å². The van der Waals surface area contributed by atoms with Crippen LogP contribution < -0.4 is 10.1 Å². The molecule has 1 aliphatic carbocycles. The lowest BCUT2D eigenvalue weighted by Crippen LogP contribution is -2.33. The van der Waals surface area contributed by atoms with Crippen LogP contribution in [0.25, 0.3) is 0 Å². The maximum absolute atomic E-state index is 9.08. The van der Waals surface area contributed by atoms with Crippen molar-refractivity contribution in [2.45, 2.75) is 38.3 Å². The zero-order valence-corrected chi connectivity index (χ0v) is 11.0. The van der Waals surface area contributed by atoms with E-state index in [0.717, 1.165) is 25.0 Å². The van der Waals surface area contributed by atoms with Gasteiger partial charge in [-0.05, 0) is 37.5 Å². The molecule has 2 rings (SSSR count). The average molecular weight is 244 g/mol. The van der Waals surface area contributed by atoms with Crippen molar-refractivity contribution in [1.29, 1.82) is 5.26 Å². The molecule has 0 saturated heterocycles. The van der Waals surface area contributed by atoms with Gasteiger partial charge >= 0.3 is 0 Å². The molecule has 1 aromatic carbocycles. The first-order valence-corrected chi connectivity index (χ1v) is 6.54. The van der Waals surface area contributed by atoms with E-state index in [1.54, 1.807) is 7.11 Å². The lowest BCUT2D eigenvalue weighted by molar-refractivity contribution is 0.410. The summed E-state index contributed by atoms with van der Waals surface area (Å²) in [6, 6.07) is 11.1. The number of benzene rings is 1. The Bertz CT molecular complexity index is 421. The van der Waals surface area contributed by atoms with Crippen LogP contribution in [0, 0.1) is 17.2 Å². The van der Waals surface area contributed by atoms with Crippen molar-refractivity contribution in [2.75, 3.05) is 7.11 Å². The van der Waals surface area contributed by atoms with Crippen LogP contribution in [0.4, 0.5) is 0 Å². The monoisotopic (exact) mass is 244 g/mol. The first kappa shape index (κ1) is 12.9. The zero-order valence-electron chi connectivity index (χ0n) is 11.0. The third kappa shape index (κ3) is 2.83. The zero-order chi connectivity index (χ0) is 13.0. The van der Waals surface area contributed by atoms with Crippen molar-refractivity contribution < 1.29 is 4.74 Å². The minimum Gasteiger partial charge on any atom is -0.497 e. The van der Waals surface area contributed by atoms with Gasteiger partial charge in [0.25, 0.3) is 0 Å². The maximum atomic E-state index is 9.08. The van der Waals surface area contributed by atoms with Gasteiger partial charge < -0.3 is 10.1 Å². The van der Waals surface area contributed by atoms with Crippen molar-refractivity contribution in [3.63, 3.8) is 0 Å². The van der Waals surface area contributed by atoms with Gasteiger partial charge in [-0.3, -0.25) is 0 Å². The average Bonchev–Trinajstić information content (AvgIpc) is 2.86. The normalized spacial score (nSPS) is 24.5. The summed E-state index contributed by atoms with van der Waals surface area (Å²) in [5, 5.41) is 12.7. The Morgan fingerprint density at radius 3 is 2.67 bits per heavy atom. The van der Waals surface area contributed by atoms with Crippen LogP contribution in [0.15, 0.2) is 24.3 Å². The second-order valence-corrected chi connectivity index (χ2v) is 4.93. The SMILES string of the molecule is COc1ccc([C@H](C)NC2CCCC2C#N)cc1. The molecule has 3 nitrogen and oxygen atoms in total. The Hall–Kier alpha value is -1.53. The fourth-order valence-corrected chi connectivity index (χ4v) is 2.62. The molecule has 96 valence electrons. The highest BCUT2D eigenvalue weighted by molar-refractivity contribution is 5.29. The summed E-state index contributed by atoms with van der Waals surface area (Å²) in [4.78, 5) is 0. The predicted octanol–water partition coefficient (Wildman–Crippen LogP) is 3.04. The molecule has 1 fully saturated rings. The van der Waals surface area contributed by atoms with Gasteiger partial charge in [0.1, 0.15) is 5.75 Å². The smallest absolute Gasteiger partial charge is 0.118 e. The largest absolute Gasteiger partial charge is 0.497 e. The van der Waals surface area contributed by atoms with Crippen molar-refractivity contribution in [3.8, 4) is 11.8 Å². The number of methoxy groups -OCH3 is 1. The molecule has 0 aliphatic heterocycles. The van der Waals surface area contributed by atoms with Crippen LogP contribution in [0.5, 0.6) is 5.75 Å². The summed E-state index contributed by atoms with van der Waals surface area (Å²) in [7, 11) is 1.67.